The molecule has 2 rings (SSSR count). The van der Waals surface area contributed by atoms with E-state index in [1.807, 2.05) is 18.2 Å². The van der Waals surface area contributed by atoms with Crippen LogP contribution in [0.3, 0.4) is 0 Å². The number of aliphatic hydroxyl groups is 1. The third kappa shape index (κ3) is 0.971. The maximum absolute atomic E-state index is 11.2. The van der Waals surface area contributed by atoms with Crippen molar-refractivity contribution in [1.82, 2.24) is 5.32 Å². The molecule has 1 aliphatic rings. The Labute approximate surface area is 76.4 Å². The molecule has 13 heavy (non-hydrogen) atoms. The molecule has 1 fully saturated rings. The van der Waals surface area contributed by atoms with Gasteiger partial charge in [0.05, 0.1) is 6.04 Å². The maximum atomic E-state index is 11.2. The molecule has 0 spiro atoms. The van der Waals surface area contributed by atoms with Crippen LogP contribution in [0.1, 0.15) is 12.5 Å². The van der Waals surface area contributed by atoms with Crippen molar-refractivity contribution in [2.24, 2.45) is 0 Å². The second kappa shape index (κ2) is 2.57. The van der Waals surface area contributed by atoms with Crippen LogP contribution in [-0.2, 0) is 10.4 Å². The number of nitrogens with one attached hydrogen (secondary N) is 1. The largest absolute Gasteiger partial charge is 0.374 e. The molecule has 0 bridgehead atoms. The van der Waals surface area contributed by atoms with Gasteiger partial charge in [-0.2, -0.15) is 0 Å². The molecule has 0 aliphatic carbocycles. The number of carbonyl (C=O) groups excluding carboxylic acids is 1. The van der Waals surface area contributed by atoms with Crippen LogP contribution in [0.2, 0.25) is 0 Å². The Balaban J connectivity index is 2.40. The summed E-state index contributed by atoms with van der Waals surface area (Å²) in [6.07, 6.45) is 0. The summed E-state index contributed by atoms with van der Waals surface area (Å²) in [5.41, 5.74) is -0.660. The van der Waals surface area contributed by atoms with Gasteiger partial charge in [-0.15, -0.1) is 0 Å². The van der Waals surface area contributed by atoms with Gasteiger partial charge < -0.3 is 10.4 Å². The highest BCUT2D eigenvalue weighted by Gasteiger charge is 2.52. The third-order valence-corrected chi connectivity index (χ3v) is 2.53. The Morgan fingerprint density at radius 3 is 2.46 bits per heavy atom. The second-order valence-corrected chi connectivity index (χ2v) is 3.33. The SMILES string of the molecule is CC1NC(=O)C1(O)c1ccccc1. The van der Waals surface area contributed by atoms with Gasteiger partial charge in [-0.25, -0.2) is 0 Å². The van der Waals surface area contributed by atoms with Gasteiger partial charge in [-0.05, 0) is 12.5 Å². The van der Waals surface area contributed by atoms with Crippen LogP contribution < -0.4 is 5.32 Å². The molecule has 1 heterocycles. The van der Waals surface area contributed by atoms with E-state index in [1.54, 1.807) is 19.1 Å². The summed E-state index contributed by atoms with van der Waals surface area (Å²) in [5.74, 6) is -0.314. The second-order valence-electron chi connectivity index (χ2n) is 3.33. The van der Waals surface area contributed by atoms with Crippen molar-refractivity contribution in [2.75, 3.05) is 0 Å². The molecule has 1 aliphatic heterocycles. The molecule has 2 N–H and O–H groups in total. The number of hydrogen-bond donors (Lipinski definition) is 2. The Morgan fingerprint density at radius 1 is 1.38 bits per heavy atom. The van der Waals surface area contributed by atoms with E-state index in [9.17, 15) is 9.90 Å². The fraction of sp³-hybridized carbons (Fsp3) is 0.300. The number of carbonyl (C=O) groups is 1. The average molecular weight is 177 g/mol. The lowest BCUT2D eigenvalue weighted by Gasteiger charge is -2.42. The van der Waals surface area contributed by atoms with E-state index < -0.39 is 5.60 Å². The predicted octanol–water partition coefficient (Wildman–Crippen LogP) is 0.393. The van der Waals surface area contributed by atoms with Crippen LogP contribution in [0.5, 0.6) is 0 Å². The number of benzene rings is 1. The zero-order chi connectivity index (χ0) is 9.47. The van der Waals surface area contributed by atoms with Crippen molar-refractivity contribution in [1.29, 1.82) is 0 Å². The lowest BCUT2D eigenvalue weighted by atomic mass is 9.80. The van der Waals surface area contributed by atoms with Crippen LogP contribution in [0.25, 0.3) is 0 Å². The minimum Gasteiger partial charge on any atom is -0.374 e. The van der Waals surface area contributed by atoms with Crippen molar-refractivity contribution in [3.63, 3.8) is 0 Å². The highest BCUT2D eigenvalue weighted by molar-refractivity contribution is 5.93. The van der Waals surface area contributed by atoms with E-state index in [2.05, 4.69) is 5.32 Å². The summed E-state index contributed by atoms with van der Waals surface area (Å²) in [7, 11) is 0. The van der Waals surface area contributed by atoms with Gasteiger partial charge in [0, 0.05) is 0 Å². The Bertz CT molecular complexity index is 336. The molecular weight excluding hydrogens is 166 g/mol. The van der Waals surface area contributed by atoms with Crippen molar-refractivity contribution >= 4 is 5.91 Å². The highest BCUT2D eigenvalue weighted by atomic mass is 16.3. The van der Waals surface area contributed by atoms with Gasteiger partial charge in [0.25, 0.3) is 5.91 Å². The van der Waals surface area contributed by atoms with Crippen LogP contribution >= 0.6 is 0 Å². The summed E-state index contributed by atoms with van der Waals surface area (Å²) >= 11 is 0. The molecule has 1 aromatic carbocycles. The summed E-state index contributed by atoms with van der Waals surface area (Å²) in [6, 6.07) is 8.79. The lowest BCUT2D eigenvalue weighted by Crippen LogP contribution is -2.68. The number of β-lactam (4-membered cyclic amide) rings is 1. The Hall–Kier alpha value is -1.35. The van der Waals surface area contributed by atoms with E-state index in [0.717, 1.165) is 0 Å². The number of rotatable bonds is 1. The average Bonchev–Trinajstić information content (AvgIpc) is 2.18. The van der Waals surface area contributed by atoms with E-state index >= 15 is 0 Å². The summed E-state index contributed by atoms with van der Waals surface area (Å²) < 4.78 is 0. The van der Waals surface area contributed by atoms with Crippen molar-refractivity contribution < 1.29 is 9.90 Å². The fourth-order valence-electron chi connectivity index (χ4n) is 1.60. The monoisotopic (exact) mass is 177 g/mol. The Morgan fingerprint density at radius 2 is 2.00 bits per heavy atom. The van der Waals surface area contributed by atoms with E-state index in [1.165, 1.54) is 0 Å². The molecule has 0 radical (unpaired) electrons. The first-order chi connectivity index (χ1) is 6.15. The van der Waals surface area contributed by atoms with Gasteiger partial charge in [0.1, 0.15) is 0 Å². The molecule has 3 heteroatoms. The molecule has 2 atom stereocenters. The molecule has 3 nitrogen and oxygen atoms in total. The Kier molecular flexibility index (Phi) is 1.63. The minimum absolute atomic E-state index is 0.206. The first-order valence-electron chi connectivity index (χ1n) is 4.24. The molecule has 1 amide bonds. The molecule has 68 valence electrons. The highest BCUT2D eigenvalue weighted by Crippen LogP contribution is 2.31. The minimum atomic E-state index is -1.32. The lowest BCUT2D eigenvalue weighted by molar-refractivity contribution is -0.161. The van der Waals surface area contributed by atoms with Crippen molar-refractivity contribution in [3.8, 4) is 0 Å². The normalized spacial score (nSPS) is 32.2. The van der Waals surface area contributed by atoms with Gasteiger partial charge in [-0.1, -0.05) is 30.3 Å². The van der Waals surface area contributed by atoms with E-state index in [-0.39, 0.29) is 11.9 Å². The summed E-state index contributed by atoms with van der Waals surface area (Å²) in [6.45, 7) is 1.79. The van der Waals surface area contributed by atoms with Crippen LogP contribution in [0, 0.1) is 0 Å². The number of amides is 1. The quantitative estimate of drug-likeness (QED) is 0.610. The van der Waals surface area contributed by atoms with Crippen LogP contribution in [0.15, 0.2) is 30.3 Å². The van der Waals surface area contributed by atoms with Gasteiger partial charge >= 0.3 is 0 Å². The number of hydrogen-bond acceptors (Lipinski definition) is 2. The summed E-state index contributed by atoms with van der Waals surface area (Å²) in [5, 5.41) is 12.6. The van der Waals surface area contributed by atoms with Crippen LogP contribution in [0.4, 0.5) is 0 Å². The standard InChI is InChI=1S/C10H11NO2/c1-7-10(13,9(12)11-7)8-5-3-2-4-6-8/h2-7,13H,1H3,(H,11,12). The molecule has 0 saturated carbocycles. The third-order valence-electron chi connectivity index (χ3n) is 2.53. The zero-order valence-electron chi connectivity index (χ0n) is 7.32. The van der Waals surface area contributed by atoms with Crippen LogP contribution in [-0.4, -0.2) is 17.1 Å². The van der Waals surface area contributed by atoms with E-state index in [4.69, 9.17) is 0 Å². The maximum Gasteiger partial charge on any atom is 0.259 e. The topological polar surface area (TPSA) is 49.3 Å². The first kappa shape index (κ1) is 8.26. The van der Waals surface area contributed by atoms with Gasteiger partial charge in [0.2, 0.25) is 0 Å². The fourth-order valence-corrected chi connectivity index (χ4v) is 1.60. The molecule has 1 aromatic rings. The first-order valence-corrected chi connectivity index (χ1v) is 4.24. The van der Waals surface area contributed by atoms with Gasteiger partial charge in [0.15, 0.2) is 5.60 Å². The van der Waals surface area contributed by atoms with Crippen molar-refractivity contribution in [3.05, 3.63) is 35.9 Å². The molecule has 1 saturated heterocycles. The predicted molar refractivity (Wildman–Crippen MR) is 47.9 cm³/mol. The van der Waals surface area contributed by atoms with Crippen molar-refractivity contribution in [2.45, 2.75) is 18.6 Å². The zero-order valence-corrected chi connectivity index (χ0v) is 7.32. The molecule has 2 unspecified atom stereocenters. The smallest absolute Gasteiger partial charge is 0.259 e. The summed E-state index contributed by atoms with van der Waals surface area (Å²) in [4.78, 5) is 11.2. The molecular formula is C10H11NO2. The van der Waals surface area contributed by atoms with E-state index in [0.29, 0.717) is 5.56 Å². The molecule has 0 aromatic heterocycles. The van der Waals surface area contributed by atoms with Gasteiger partial charge in [-0.3, -0.25) is 4.79 Å².